The number of hydrogen-bond donors (Lipinski definition) is 2. The zero-order valence-electron chi connectivity index (χ0n) is 16.1. The van der Waals surface area contributed by atoms with Gasteiger partial charge in [0.2, 0.25) is 0 Å². The van der Waals surface area contributed by atoms with Crippen molar-refractivity contribution in [1.29, 1.82) is 0 Å². The van der Waals surface area contributed by atoms with Crippen molar-refractivity contribution >= 4 is 15.7 Å². The van der Waals surface area contributed by atoms with Gasteiger partial charge in [-0.25, -0.2) is 8.42 Å². The normalized spacial score (nSPS) is 12.3. The van der Waals surface area contributed by atoms with Crippen molar-refractivity contribution < 1.29 is 18.3 Å². The minimum atomic E-state index is -3.63. The lowest BCUT2D eigenvalue weighted by molar-refractivity contribution is 0.153. The first-order chi connectivity index (χ1) is 14.0. The van der Waals surface area contributed by atoms with E-state index in [-0.39, 0.29) is 4.90 Å². The zero-order valence-corrected chi connectivity index (χ0v) is 16.9. The van der Waals surface area contributed by atoms with Gasteiger partial charge in [-0.05, 0) is 61.2 Å². The second-order valence-electron chi connectivity index (χ2n) is 6.78. The van der Waals surface area contributed by atoms with Gasteiger partial charge in [-0.15, -0.1) is 0 Å². The van der Waals surface area contributed by atoms with Gasteiger partial charge in [0.1, 0.15) is 5.75 Å². The number of ether oxygens (including phenoxy) is 1. The molecule has 6 heteroatoms. The standard InChI is InChI=1S/C23H25NO4S/c25-21(11-8-16-28-22-12-3-1-4-13-22)18-19-9-7-10-20(17-19)24-29(26,27)23-14-5-2-6-15-23/h1-7,9-10,12-15,17,21,24-25H,8,11,16,18H2. The van der Waals surface area contributed by atoms with Gasteiger partial charge in [0, 0.05) is 5.69 Å². The van der Waals surface area contributed by atoms with Crippen LogP contribution in [0, 0.1) is 0 Å². The van der Waals surface area contributed by atoms with E-state index in [0.717, 1.165) is 17.7 Å². The predicted octanol–water partition coefficient (Wildman–Crippen LogP) is 4.25. The second-order valence-corrected chi connectivity index (χ2v) is 8.46. The van der Waals surface area contributed by atoms with Crippen molar-refractivity contribution in [2.45, 2.75) is 30.3 Å². The minimum Gasteiger partial charge on any atom is -0.494 e. The van der Waals surface area contributed by atoms with Crippen LogP contribution >= 0.6 is 0 Å². The highest BCUT2D eigenvalue weighted by molar-refractivity contribution is 7.92. The predicted molar refractivity (Wildman–Crippen MR) is 115 cm³/mol. The topological polar surface area (TPSA) is 75.6 Å². The molecule has 0 aromatic heterocycles. The maximum atomic E-state index is 12.5. The molecule has 2 N–H and O–H groups in total. The lowest BCUT2D eigenvalue weighted by atomic mass is 10.0. The molecule has 0 spiro atoms. The van der Waals surface area contributed by atoms with Gasteiger partial charge in [0.25, 0.3) is 10.0 Å². The number of aliphatic hydroxyl groups excluding tert-OH is 1. The maximum Gasteiger partial charge on any atom is 0.261 e. The molecule has 0 heterocycles. The van der Waals surface area contributed by atoms with Crippen molar-refractivity contribution in [1.82, 2.24) is 0 Å². The highest BCUT2D eigenvalue weighted by atomic mass is 32.2. The first-order valence-electron chi connectivity index (χ1n) is 9.56. The molecule has 0 radical (unpaired) electrons. The molecule has 0 amide bonds. The van der Waals surface area contributed by atoms with Crippen LogP contribution in [0.25, 0.3) is 0 Å². The van der Waals surface area contributed by atoms with Crippen molar-refractivity contribution in [3.63, 3.8) is 0 Å². The highest BCUT2D eigenvalue weighted by Crippen LogP contribution is 2.18. The number of rotatable bonds is 10. The molecule has 3 aromatic rings. The SMILES string of the molecule is O=S(=O)(Nc1cccc(CC(O)CCCOc2ccccc2)c1)c1ccccc1. The number of hydrogen-bond acceptors (Lipinski definition) is 4. The van der Waals surface area contributed by atoms with E-state index in [0.29, 0.717) is 25.1 Å². The summed E-state index contributed by atoms with van der Waals surface area (Å²) in [6.07, 6.45) is 1.27. The fourth-order valence-electron chi connectivity index (χ4n) is 2.98. The van der Waals surface area contributed by atoms with Crippen LogP contribution in [0.5, 0.6) is 5.75 Å². The van der Waals surface area contributed by atoms with Crippen LogP contribution in [-0.2, 0) is 16.4 Å². The number of nitrogens with one attached hydrogen (secondary N) is 1. The van der Waals surface area contributed by atoms with E-state index in [1.54, 1.807) is 48.5 Å². The smallest absolute Gasteiger partial charge is 0.261 e. The van der Waals surface area contributed by atoms with Gasteiger partial charge >= 0.3 is 0 Å². The molecule has 0 saturated heterocycles. The monoisotopic (exact) mass is 411 g/mol. The molecule has 0 aliphatic carbocycles. The Morgan fingerprint density at radius 1 is 0.897 bits per heavy atom. The summed E-state index contributed by atoms with van der Waals surface area (Å²) in [6, 6.07) is 24.9. The number of anilines is 1. The molecular formula is C23H25NO4S. The molecule has 0 aliphatic heterocycles. The summed E-state index contributed by atoms with van der Waals surface area (Å²) >= 11 is 0. The van der Waals surface area contributed by atoms with E-state index in [1.807, 2.05) is 36.4 Å². The lowest BCUT2D eigenvalue weighted by Gasteiger charge is -2.13. The molecule has 3 rings (SSSR count). The molecule has 0 fully saturated rings. The second kappa shape index (κ2) is 10.1. The highest BCUT2D eigenvalue weighted by Gasteiger charge is 2.14. The maximum absolute atomic E-state index is 12.5. The van der Waals surface area contributed by atoms with Gasteiger partial charge in [-0.1, -0.05) is 48.5 Å². The summed E-state index contributed by atoms with van der Waals surface area (Å²) in [6.45, 7) is 0.540. The third-order valence-electron chi connectivity index (χ3n) is 4.40. The Bertz CT molecular complexity index is 992. The summed E-state index contributed by atoms with van der Waals surface area (Å²) in [5.41, 5.74) is 1.35. The molecule has 5 nitrogen and oxygen atoms in total. The van der Waals surface area contributed by atoms with Crippen LogP contribution in [0.1, 0.15) is 18.4 Å². The summed E-state index contributed by atoms with van der Waals surface area (Å²) in [5.74, 6) is 0.820. The van der Waals surface area contributed by atoms with E-state index in [2.05, 4.69) is 4.72 Å². The van der Waals surface area contributed by atoms with Gasteiger partial charge in [0.15, 0.2) is 0 Å². The van der Waals surface area contributed by atoms with E-state index in [1.165, 1.54) is 0 Å². The molecule has 0 bridgehead atoms. The Kier molecular flexibility index (Phi) is 7.27. The molecular weight excluding hydrogens is 386 g/mol. The Morgan fingerprint density at radius 3 is 2.31 bits per heavy atom. The number of para-hydroxylation sites is 1. The molecule has 1 unspecified atom stereocenters. The van der Waals surface area contributed by atoms with E-state index >= 15 is 0 Å². The van der Waals surface area contributed by atoms with Crippen molar-refractivity contribution in [2.75, 3.05) is 11.3 Å². The molecule has 1 atom stereocenters. The minimum absolute atomic E-state index is 0.212. The average molecular weight is 412 g/mol. The quantitative estimate of drug-likeness (QED) is 0.489. The zero-order chi connectivity index (χ0) is 20.5. The Hall–Kier alpha value is -2.83. The number of sulfonamides is 1. The summed E-state index contributed by atoms with van der Waals surface area (Å²) in [4.78, 5) is 0.212. The molecule has 152 valence electrons. The van der Waals surface area contributed by atoms with Crippen molar-refractivity contribution in [2.24, 2.45) is 0 Å². The third-order valence-corrected chi connectivity index (χ3v) is 5.79. The van der Waals surface area contributed by atoms with Crippen LogP contribution in [0.2, 0.25) is 0 Å². The fraction of sp³-hybridized carbons (Fsp3) is 0.217. The van der Waals surface area contributed by atoms with Crippen LogP contribution in [0.15, 0.2) is 89.8 Å². The average Bonchev–Trinajstić information content (AvgIpc) is 2.73. The Morgan fingerprint density at radius 2 is 1.59 bits per heavy atom. The molecule has 29 heavy (non-hydrogen) atoms. The molecule has 3 aromatic carbocycles. The summed E-state index contributed by atoms with van der Waals surface area (Å²) < 4.78 is 33.1. The Balaban J connectivity index is 1.50. The van der Waals surface area contributed by atoms with Crippen molar-refractivity contribution in [3.8, 4) is 5.75 Å². The van der Waals surface area contributed by atoms with Crippen LogP contribution in [-0.4, -0.2) is 26.2 Å². The van der Waals surface area contributed by atoms with E-state index in [4.69, 9.17) is 4.74 Å². The van der Waals surface area contributed by atoms with Gasteiger partial charge < -0.3 is 9.84 Å². The number of benzene rings is 3. The van der Waals surface area contributed by atoms with Crippen LogP contribution in [0.4, 0.5) is 5.69 Å². The van der Waals surface area contributed by atoms with Gasteiger partial charge in [0.05, 0.1) is 17.6 Å². The summed E-state index contributed by atoms with van der Waals surface area (Å²) in [7, 11) is -3.63. The van der Waals surface area contributed by atoms with Gasteiger partial charge in [-0.3, -0.25) is 4.72 Å². The fourth-order valence-corrected chi connectivity index (χ4v) is 4.05. The largest absolute Gasteiger partial charge is 0.494 e. The molecule has 0 saturated carbocycles. The van der Waals surface area contributed by atoms with Crippen LogP contribution < -0.4 is 9.46 Å². The summed E-state index contributed by atoms with van der Waals surface area (Å²) in [5, 5.41) is 10.3. The first kappa shape index (κ1) is 20.9. The van der Waals surface area contributed by atoms with Crippen LogP contribution in [0.3, 0.4) is 0 Å². The first-order valence-corrected chi connectivity index (χ1v) is 11.0. The van der Waals surface area contributed by atoms with E-state index in [9.17, 15) is 13.5 Å². The van der Waals surface area contributed by atoms with Gasteiger partial charge in [-0.2, -0.15) is 0 Å². The third kappa shape index (κ3) is 6.62. The Labute approximate surface area is 172 Å². The molecule has 0 aliphatic rings. The number of aliphatic hydroxyl groups is 1. The van der Waals surface area contributed by atoms with E-state index < -0.39 is 16.1 Å². The lowest BCUT2D eigenvalue weighted by Crippen LogP contribution is -2.14. The van der Waals surface area contributed by atoms with Crippen molar-refractivity contribution in [3.05, 3.63) is 90.5 Å².